The van der Waals surface area contributed by atoms with Crippen molar-refractivity contribution in [2.45, 2.75) is 30.8 Å². The smallest absolute Gasteiger partial charge is 0.134 e. The summed E-state index contributed by atoms with van der Waals surface area (Å²) in [5, 5.41) is 0. The van der Waals surface area contributed by atoms with E-state index in [0.29, 0.717) is 5.92 Å². The van der Waals surface area contributed by atoms with E-state index in [9.17, 15) is 8.78 Å². The highest BCUT2D eigenvalue weighted by Gasteiger charge is 2.46. The van der Waals surface area contributed by atoms with Gasteiger partial charge in [0.1, 0.15) is 11.6 Å². The summed E-state index contributed by atoms with van der Waals surface area (Å²) < 4.78 is 28.5. The summed E-state index contributed by atoms with van der Waals surface area (Å²) in [6.45, 7) is 2.09. The predicted octanol–water partition coefficient (Wildman–Crippen LogP) is 5.68. The number of fused-ring (bicyclic) bond motifs is 3. The number of piperidine rings is 3. The van der Waals surface area contributed by atoms with E-state index >= 15 is 0 Å². The lowest BCUT2D eigenvalue weighted by Crippen LogP contribution is -2.59. The number of hydrogen-bond acceptors (Lipinski definition) is 2. The molecule has 2 unspecified atom stereocenters. The second-order valence-corrected chi connectivity index (χ2v) is 8.57. The zero-order chi connectivity index (χ0) is 21.2. The van der Waals surface area contributed by atoms with Gasteiger partial charge < -0.3 is 0 Å². The van der Waals surface area contributed by atoms with Gasteiger partial charge in [-0.15, -0.1) is 0 Å². The zero-order valence-electron chi connectivity index (χ0n) is 17.4. The molecule has 2 atom stereocenters. The third kappa shape index (κ3) is 3.92. The van der Waals surface area contributed by atoms with Gasteiger partial charge in [-0.25, -0.2) is 8.78 Å². The van der Waals surface area contributed by atoms with Crippen molar-refractivity contribution < 1.29 is 8.78 Å². The molecule has 158 valence electrons. The van der Waals surface area contributed by atoms with Crippen LogP contribution in [0.25, 0.3) is 0 Å². The van der Waals surface area contributed by atoms with Gasteiger partial charge in [-0.3, -0.25) is 9.89 Å². The molecule has 0 spiro atoms. The van der Waals surface area contributed by atoms with Crippen LogP contribution in [0, 0.1) is 17.6 Å². The number of aliphatic imine (C=N–C) groups is 1. The van der Waals surface area contributed by atoms with Gasteiger partial charge in [0.15, 0.2) is 0 Å². The first-order chi connectivity index (χ1) is 15.2. The van der Waals surface area contributed by atoms with Gasteiger partial charge in [-0.2, -0.15) is 0 Å². The van der Waals surface area contributed by atoms with E-state index in [1.165, 1.54) is 35.5 Å². The molecule has 0 saturated carbocycles. The van der Waals surface area contributed by atoms with Gasteiger partial charge in [-0.1, -0.05) is 66.7 Å². The van der Waals surface area contributed by atoms with Crippen LogP contribution in [-0.2, 0) is 0 Å². The fourth-order valence-electron chi connectivity index (χ4n) is 5.37. The second kappa shape index (κ2) is 8.72. The van der Waals surface area contributed by atoms with E-state index < -0.39 is 11.6 Å². The first-order valence-corrected chi connectivity index (χ1v) is 11.0. The number of nitrogens with zero attached hydrogens (tertiary/aromatic N) is 2. The molecule has 4 heteroatoms. The van der Waals surface area contributed by atoms with Crippen molar-refractivity contribution in [2.24, 2.45) is 10.9 Å². The molecule has 2 nitrogen and oxygen atoms in total. The summed E-state index contributed by atoms with van der Waals surface area (Å²) in [5.74, 6) is -0.553. The van der Waals surface area contributed by atoms with Crippen LogP contribution in [0.3, 0.4) is 0 Å². The van der Waals surface area contributed by atoms with Gasteiger partial charge in [-0.05, 0) is 55.1 Å². The van der Waals surface area contributed by atoms with Crippen molar-refractivity contribution in [1.29, 1.82) is 0 Å². The van der Waals surface area contributed by atoms with Gasteiger partial charge in [0.25, 0.3) is 0 Å². The van der Waals surface area contributed by atoms with Crippen LogP contribution in [0.5, 0.6) is 0 Å². The fourth-order valence-corrected chi connectivity index (χ4v) is 5.37. The maximum Gasteiger partial charge on any atom is 0.134 e. The summed E-state index contributed by atoms with van der Waals surface area (Å²) in [6, 6.07) is 25.2. The Morgan fingerprint density at radius 1 is 0.774 bits per heavy atom. The van der Waals surface area contributed by atoms with Crippen molar-refractivity contribution in [3.05, 3.63) is 107 Å². The van der Waals surface area contributed by atoms with Crippen LogP contribution < -0.4 is 0 Å². The lowest BCUT2D eigenvalue weighted by molar-refractivity contribution is 0.0215. The van der Waals surface area contributed by atoms with E-state index in [4.69, 9.17) is 4.99 Å². The molecule has 0 aliphatic carbocycles. The maximum atomic E-state index is 14.2. The average molecular weight is 417 g/mol. The van der Waals surface area contributed by atoms with Crippen LogP contribution >= 0.6 is 0 Å². The molecule has 3 aromatic rings. The Kier molecular flexibility index (Phi) is 5.65. The average Bonchev–Trinajstić information content (AvgIpc) is 2.82. The molecule has 0 amide bonds. The zero-order valence-corrected chi connectivity index (χ0v) is 17.4. The molecule has 3 saturated heterocycles. The number of benzene rings is 3. The molecule has 3 heterocycles. The molecule has 31 heavy (non-hydrogen) atoms. The summed E-state index contributed by atoms with van der Waals surface area (Å²) in [4.78, 5) is 7.40. The Morgan fingerprint density at radius 2 is 1.32 bits per heavy atom. The van der Waals surface area contributed by atoms with Crippen molar-refractivity contribution in [3.63, 3.8) is 0 Å². The van der Waals surface area contributed by atoms with E-state index in [2.05, 4.69) is 53.4 Å². The largest absolute Gasteiger partial charge is 0.297 e. The summed E-state index contributed by atoms with van der Waals surface area (Å²) >= 11 is 0. The highest BCUT2D eigenvalue weighted by molar-refractivity contribution is 5.80. The minimum atomic E-state index is -0.566. The summed E-state index contributed by atoms with van der Waals surface area (Å²) in [5.41, 5.74) is 2.46. The Labute approximate surface area is 182 Å². The number of halogens is 2. The van der Waals surface area contributed by atoms with Gasteiger partial charge in [0.05, 0.1) is 11.6 Å². The maximum absolute atomic E-state index is 14.2. The Morgan fingerprint density at radius 3 is 1.87 bits per heavy atom. The molecule has 3 fully saturated rings. The minimum Gasteiger partial charge on any atom is -0.297 e. The molecule has 0 radical (unpaired) electrons. The molecule has 0 aromatic heterocycles. The van der Waals surface area contributed by atoms with Crippen molar-refractivity contribution in [3.8, 4) is 0 Å². The van der Waals surface area contributed by atoms with Crippen molar-refractivity contribution >= 4 is 6.21 Å². The van der Waals surface area contributed by atoms with Crippen molar-refractivity contribution in [2.75, 3.05) is 13.1 Å². The van der Waals surface area contributed by atoms with Crippen LogP contribution in [0.4, 0.5) is 8.78 Å². The highest BCUT2D eigenvalue weighted by Crippen LogP contribution is 2.43. The lowest BCUT2D eigenvalue weighted by Gasteiger charge is -2.52. The molecular weight excluding hydrogens is 390 g/mol. The monoisotopic (exact) mass is 416 g/mol. The van der Waals surface area contributed by atoms with Crippen LogP contribution in [0.1, 0.15) is 35.4 Å². The molecular formula is C27H26F2N2. The first-order valence-electron chi connectivity index (χ1n) is 11.0. The van der Waals surface area contributed by atoms with E-state index in [0.717, 1.165) is 25.9 Å². The van der Waals surface area contributed by atoms with E-state index in [-0.39, 0.29) is 23.6 Å². The summed E-state index contributed by atoms with van der Waals surface area (Å²) in [6.07, 6.45) is 3.58. The summed E-state index contributed by atoms with van der Waals surface area (Å²) in [7, 11) is 0. The number of rotatable bonds is 5. The molecule has 3 aliphatic rings. The van der Waals surface area contributed by atoms with Gasteiger partial charge in [0.2, 0.25) is 0 Å². The van der Waals surface area contributed by atoms with E-state index in [1.54, 1.807) is 0 Å². The molecule has 3 aromatic carbocycles. The Hall–Kier alpha value is -2.85. The SMILES string of the molecule is Fc1cccc(F)c1C=NC1C2CCN(CC2)C1C(c1ccccc1)c1ccccc1. The molecule has 2 bridgehead atoms. The normalized spacial score (nSPS) is 25.4. The predicted molar refractivity (Wildman–Crippen MR) is 121 cm³/mol. The fraction of sp³-hybridized carbons (Fsp3) is 0.296. The van der Waals surface area contributed by atoms with Crippen LogP contribution in [0.2, 0.25) is 0 Å². The van der Waals surface area contributed by atoms with Gasteiger partial charge >= 0.3 is 0 Å². The van der Waals surface area contributed by atoms with Crippen LogP contribution in [0.15, 0.2) is 83.9 Å². The molecule has 3 aliphatic heterocycles. The second-order valence-electron chi connectivity index (χ2n) is 8.57. The number of hydrogen-bond donors (Lipinski definition) is 0. The highest BCUT2D eigenvalue weighted by atomic mass is 19.1. The third-order valence-electron chi connectivity index (χ3n) is 6.86. The first kappa shape index (κ1) is 20.1. The lowest BCUT2D eigenvalue weighted by atomic mass is 9.71. The topological polar surface area (TPSA) is 15.6 Å². The Bertz CT molecular complexity index is 984. The van der Waals surface area contributed by atoms with E-state index in [1.807, 2.05) is 12.1 Å². The van der Waals surface area contributed by atoms with Crippen LogP contribution in [-0.4, -0.2) is 36.3 Å². The quantitative estimate of drug-likeness (QED) is 0.489. The third-order valence-corrected chi connectivity index (χ3v) is 6.86. The van der Waals surface area contributed by atoms with Crippen molar-refractivity contribution in [1.82, 2.24) is 4.90 Å². The standard InChI is InChI=1S/C27H26F2N2/c28-23-12-7-13-24(29)22(23)18-30-26-21-14-16-31(17-15-21)27(26)25(19-8-3-1-4-9-19)20-10-5-2-6-11-20/h1-13,18,21,25-27H,14-17H2. The molecule has 0 N–H and O–H groups in total. The minimum absolute atomic E-state index is 0.00748. The molecule has 6 rings (SSSR count). The van der Waals surface area contributed by atoms with Gasteiger partial charge in [0, 0.05) is 18.2 Å². The Balaban J connectivity index is 1.58.